The predicted octanol–water partition coefficient (Wildman–Crippen LogP) is 0.138. The predicted molar refractivity (Wildman–Crippen MR) is 88.0 cm³/mol. The van der Waals surface area contributed by atoms with Crippen molar-refractivity contribution in [3.63, 3.8) is 0 Å². The largest absolute Gasteiger partial charge is 0.486 e. The molecular formula is C17H20N2O6. The summed E-state index contributed by atoms with van der Waals surface area (Å²) in [7, 11) is 1.27. The molecular weight excluding hydrogens is 328 g/mol. The molecule has 3 rings (SSSR count). The minimum atomic E-state index is -0.568. The second-order valence-corrected chi connectivity index (χ2v) is 5.72. The van der Waals surface area contributed by atoms with E-state index in [1.807, 2.05) is 0 Å². The number of nitrogens with one attached hydrogen (secondary N) is 1. The number of esters is 1. The average Bonchev–Trinajstić information content (AvgIpc) is 2.89. The van der Waals surface area contributed by atoms with E-state index in [-0.39, 0.29) is 43.0 Å². The molecule has 25 heavy (non-hydrogen) atoms. The van der Waals surface area contributed by atoms with Crippen LogP contribution in [-0.2, 0) is 19.1 Å². The molecule has 2 aliphatic heterocycles. The lowest BCUT2D eigenvalue weighted by Crippen LogP contribution is -2.38. The van der Waals surface area contributed by atoms with Crippen molar-refractivity contribution >= 4 is 17.6 Å². The normalized spacial score (nSPS) is 17.5. The minimum absolute atomic E-state index is 0.0795. The average molecular weight is 348 g/mol. The van der Waals surface area contributed by atoms with Crippen molar-refractivity contribution in [2.24, 2.45) is 0 Å². The minimum Gasteiger partial charge on any atom is -0.486 e. The summed E-state index contributed by atoms with van der Waals surface area (Å²) in [4.78, 5) is 25.8. The third kappa shape index (κ3) is 3.75. The van der Waals surface area contributed by atoms with Crippen LogP contribution in [0.2, 0.25) is 0 Å². The molecule has 1 amide bonds. The van der Waals surface area contributed by atoms with Crippen LogP contribution in [0, 0.1) is 0 Å². The van der Waals surface area contributed by atoms with Crippen molar-refractivity contribution in [3.05, 3.63) is 35.5 Å². The molecule has 1 aromatic carbocycles. The van der Waals surface area contributed by atoms with E-state index in [1.165, 1.54) is 12.0 Å². The van der Waals surface area contributed by atoms with Gasteiger partial charge >= 0.3 is 5.97 Å². The molecule has 0 radical (unpaired) electrons. The summed E-state index contributed by atoms with van der Waals surface area (Å²) in [6.45, 7) is 1.26. The van der Waals surface area contributed by atoms with Crippen LogP contribution in [0.5, 0.6) is 5.75 Å². The number of β-amino-alcohol motifs (C(OH)–C–C–N with tert-alkyl or cyclic N) is 1. The highest BCUT2D eigenvalue weighted by molar-refractivity contribution is 6.08. The van der Waals surface area contributed by atoms with Crippen molar-refractivity contribution in [2.75, 3.05) is 45.3 Å². The first-order valence-corrected chi connectivity index (χ1v) is 7.95. The lowest BCUT2D eigenvalue weighted by atomic mass is 10.2. The highest BCUT2D eigenvalue weighted by atomic mass is 16.6. The Morgan fingerprint density at radius 3 is 2.64 bits per heavy atom. The topological polar surface area (TPSA) is 97.3 Å². The van der Waals surface area contributed by atoms with Crippen molar-refractivity contribution in [1.29, 1.82) is 0 Å². The maximum atomic E-state index is 12.4. The van der Waals surface area contributed by atoms with Crippen LogP contribution >= 0.6 is 0 Å². The summed E-state index contributed by atoms with van der Waals surface area (Å²) in [6, 6.07) is 7.09. The van der Waals surface area contributed by atoms with Gasteiger partial charge in [-0.1, -0.05) is 0 Å². The third-order valence-corrected chi connectivity index (χ3v) is 3.99. The Kier molecular flexibility index (Phi) is 5.20. The molecule has 1 aromatic rings. The van der Waals surface area contributed by atoms with Crippen LogP contribution in [0.15, 0.2) is 35.5 Å². The van der Waals surface area contributed by atoms with Gasteiger partial charge in [0.1, 0.15) is 17.6 Å². The number of carbonyl (C=O) groups excluding carboxylic acids is 2. The molecule has 2 aliphatic rings. The molecule has 2 N–H and O–H groups in total. The van der Waals surface area contributed by atoms with Crippen LogP contribution in [0.1, 0.15) is 0 Å². The van der Waals surface area contributed by atoms with Gasteiger partial charge < -0.3 is 29.5 Å². The number of anilines is 1. The third-order valence-electron chi connectivity index (χ3n) is 3.99. The second kappa shape index (κ2) is 7.54. The SMILES string of the molecule is COC(=O)C1=C(Nc2ccc(OC3COC3)cc2)C(=O)N(CCO)C1. The molecule has 8 heteroatoms. The number of aliphatic hydroxyl groups excluding tert-OH is 1. The molecule has 0 spiro atoms. The van der Waals surface area contributed by atoms with Crippen LogP contribution in [-0.4, -0.2) is 68.0 Å². The Balaban J connectivity index is 1.73. The first kappa shape index (κ1) is 17.2. The molecule has 0 bridgehead atoms. The first-order valence-electron chi connectivity index (χ1n) is 7.95. The molecule has 1 fully saturated rings. The number of nitrogens with zero attached hydrogens (tertiary/aromatic N) is 1. The first-order chi connectivity index (χ1) is 12.1. The molecule has 134 valence electrons. The van der Waals surface area contributed by atoms with Gasteiger partial charge in [0.05, 0.1) is 39.0 Å². The van der Waals surface area contributed by atoms with Crippen LogP contribution < -0.4 is 10.1 Å². The van der Waals surface area contributed by atoms with Gasteiger partial charge in [0, 0.05) is 12.2 Å². The number of amides is 1. The summed E-state index contributed by atoms with van der Waals surface area (Å²) in [6.07, 6.45) is 0.0795. The smallest absolute Gasteiger partial charge is 0.337 e. The molecule has 0 atom stereocenters. The van der Waals surface area contributed by atoms with E-state index < -0.39 is 5.97 Å². The molecule has 0 saturated carbocycles. The highest BCUT2D eigenvalue weighted by Gasteiger charge is 2.34. The Bertz CT molecular complexity index is 681. The van der Waals surface area contributed by atoms with Crippen molar-refractivity contribution in [2.45, 2.75) is 6.10 Å². The van der Waals surface area contributed by atoms with E-state index in [1.54, 1.807) is 24.3 Å². The van der Waals surface area contributed by atoms with E-state index in [4.69, 9.17) is 19.3 Å². The number of hydrogen-bond donors (Lipinski definition) is 2. The van der Waals surface area contributed by atoms with Crippen molar-refractivity contribution in [3.8, 4) is 5.75 Å². The standard InChI is InChI=1S/C17H20N2O6/c1-23-17(22)14-8-19(6-7-20)16(21)15(14)18-11-2-4-12(5-3-11)25-13-9-24-10-13/h2-5,13,18,20H,6-10H2,1H3. The van der Waals surface area contributed by atoms with Crippen LogP contribution in [0.4, 0.5) is 5.69 Å². The van der Waals surface area contributed by atoms with Gasteiger partial charge in [0.2, 0.25) is 0 Å². The van der Waals surface area contributed by atoms with Crippen LogP contribution in [0.25, 0.3) is 0 Å². The van der Waals surface area contributed by atoms with Gasteiger partial charge in [-0.05, 0) is 24.3 Å². The van der Waals surface area contributed by atoms with Gasteiger partial charge in [-0.3, -0.25) is 4.79 Å². The fourth-order valence-corrected chi connectivity index (χ4v) is 2.58. The second-order valence-electron chi connectivity index (χ2n) is 5.72. The summed E-state index contributed by atoms with van der Waals surface area (Å²) in [5.41, 5.74) is 1.06. The highest BCUT2D eigenvalue weighted by Crippen LogP contribution is 2.24. The van der Waals surface area contributed by atoms with E-state index in [9.17, 15) is 9.59 Å². The van der Waals surface area contributed by atoms with Gasteiger partial charge in [0.15, 0.2) is 0 Å². The monoisotopic (exact) mass is 348 g/mol. The zero-order valence-corrected chi connectivity index (χ0v) is 13.9. The number of carbonyl (C=O) groups is 2. The fraction of sp³-hybridized carbons (Fsp3) is 0.412. The summed E-state index contributed by atoms with van der Waals surface area (Å²) < 4.78 is 15.5. The quantitative estimate of drug-likeness (QED) is 0.676. The molecule has 0 aromatic heterocycles. The Morgan fingerprint density at radius 2 is 2.08 bits per heavy atom. The number of hydrogen-bond acceptors (Lipinski definition) is 7. The van der Waals surface area contributed by atoms with E-state index in [0.717, 1.165) is 0 Å². The Labute approximate surface area is 145 Å². The maximum absolute atomic E-state index is 12.4. The molecule has 0 aliphatic carbocycles. The Morgan fingerprint density at radius 1 is 1.36 bits per heavy atom. The van der Waals surface area contributed by atoms with Crippen molar-refractivity contribution in [1.82, 2.24) is 4.90 Å². The number of aliphatic hydroxyl groups is 1. The zero-order valence-electron chi connectivity index (χ0n) is 13.9. The van der Waals surface area contributed by atoms with Gasteiger partial charge in [0.25, 0.3) is 5.91 Å². The van der Waals surface area contributed by atoms with Gasteiger partial charge in [-0.25, -0.2) is 4.79 Å². The van der Waals surface area contributed by atoms with Gasteiger partial charge in [-0.2, -0.15) is 0 Å². The van der Waals surface area contributed by atoms with E-state index >= 15 is 0 Å². The Hall–Kier alpha value is -2.58. The summed E-state index contributed by atoms with van der Waals surface area (Å²) in [5, 5.41) is 12.0. The molecule has 1 saturated heterocycles. The molecule has 0 unspecified atom stereocenters. The van der Waals surface area contributed by atoms with E-state index in [2.05, 4.69) is 5.32 Å². The number of rotatable bonds is 7. The maximum Gasteiger partial charge on any atom is 0.337 e. The zero-order chi connectivity index (χ0) is 17.8. The van der Waals surface area contributed by atoms with Crippen LogP contribution in [0.3, 0.4) is 0 Å². The lowest BCUT2D eigenvalue weighted by Gasteiger charge is -2.26. The molecule has 2 heterocycles. The lowest BCUT2D eigenvalue weighted by molar-refractivity contribution is -0.136. The molecule has 8 nitrogen and oxygen atoms in total. The number of methoxy groups -OCH3 is 1. The summed E-state index contributed by atoms with van der Waals surface area (Å²) in [5.74, 6) is -0.205. The van der Waals surface area contributed by atoms with Gasteiger partial charge in [-0.15, -0.1) is 0 Å². The van der Waals surface area contributed by atoms with Crippen molar-refractivity contribution < 1.29 is 28.9 Å². The fourth-order valence-electron chi connectivity index (χ4n) is 2.58. The summed E-state index contributed by atoms with van der Waals surface area (Å²) >= 11 is 0. The number of benzene rings is 1. The van der Waals surface area contributed by atoms with E-state index in [0.29, 0.717) is 24.7 Å². The number of ether oxygens (including phenoxy) is 3.